The van der Waals surface area contributed by atoms with Crippen LogP contribution in [-0.4, -0.2) is 38.4 Å². The molecule has 3 N–H and O–H groups in total. The molecule has 1 aliphatic carbocycles. The number of aromatic nitrogens is 3. The quantitative estimate of drug-likeness (QED) is 0.503. The summed E-state index contributed by atoms with van der Waals surface area (Å²) in [7, 11) is 0. The Morgan fingerprint density at radius 2 is 1.81 bits per heavy atom. The zero-order valence-electron chi connectivity index (χ0n) is 19.9. The molecule has 0 radical (unpaired) electrons. The molecule has 2 amide bonds. The van der Waals surface area contributed by atoms with E-state index in [4.69, 9.17) is 20.3 Å². The van der Waals surface area contributed by atoms with Crippen molar-refractivity contribution in [2.75, 3.05) is 0 Å². The lowest BCUT2D eigenvalue weighted by Gasteiger charge is -2.33. The van der Waals surface area contributed by atoms with Gasteiger partial charge in [-0.2, -0.15) is 5.10 Å². The first-order chi connectivity index (χ1) is 17.6. The molecule has 2 aliphatic rings. The Kier molecular flexibility index (Phi) is 6.71. The second kappa shape index (κ2) is 10.2. The summed E-state index contributed by atoms with van der Waals surface area (Å²) < 4.78 is 12.7. The van der Waals surface area contributed by atoms with Crippen molar-refractivity contribution in [3.63, 3.8) is 0 Å². The number of benzene rings is 1. The first kappa shape index (κ1) is 23.6. The van der Waals surface area contributed by atoms with Gasteiger partial charge in [-0.25, -0.2) is 9.67 Å². The van der Waals surface area contributed by atoms with Crippen molar-refractivity contribution in [1.29, 1.82) is 0 Å². The van der Waals surface area contributed by atoms with E-state index in [-0.39, 0.29) is 6.42 Å². The van der Waals surface area contributed by atoms with Gasteiger partial charge < -0.3 is 20.5 Å². The lowest BCUT2D eigenvalue weighted by Crippen LogP contribution is -2.61. The van der Waals surface area contributed by atoms with Crippen molar-refractivity contribution in [1.82, 2.24) is 20.1 Å². The van der Waals surface area contributed by atoms with Gasteiger partial charge in [0, 0.05) is 24.7 Å². The molecular formula is C27H29N5O4. The number of nitrogens with two attached hydrogens (primary N) is 1. The van der Waals surface area contributed by atoms with Crippen LogP contribution in [-0.2, 0) is 20.7 Å². The smallest absolute Gasteiger partial charge is 0.352 e. The number of rotatable bonds is 8. The maximum Gasteiger partial charge on any atom is 0.352 e. The van der Waals surface area contributed by atoms with Crippen LogP contribution in [0, 0.1) is 0 Å². The summed E-state index contributed by atoms with van der Waals surface area (Å²) in [5.74, 6) is -2.34. The van der Waals surface area contributed by atoms with Crippen LogP contribution >= 0.6 is 0 Å². The van der Waals surface area contributed by atoms with E-state index in [0.717, 1.165) is 24.1 Å². The number of hydrogen-bond donors (Lipinski definition) is 2. The summed E-state index contributed by atoms with van der Waals surface area (Å²) >= 11 is 0. The van der Waals surface area contributed by atoms with E-state index in [1.807, 2.05) is 42.6 Å². The van der Waals surface area contributed by atoms with Gasteiger partial charge in [0.25, 0.3) is 5.91 Å². The van der Waals surface area contributed by atoms with Crippen LogP contribution in [0.25, 0.3) is 5.82 Å². The maximum absolute atomic E-state index is 13.6. The van der Waals surface area contributed by atoms with E-state index in [1.165, 1.54) is 31.8 Å². The Balaban J connectivity index is 1.43. The number of ether oxygens (including phenoxy) is 2. The minimum absolute atomic E-state index is 0.250. The molecule has 3 aromatic rings. The zero-order chi connectivity index (χ0) is 25.0. The fraction of sp³-hybridized carbons (Fsp3) is 0.333. The lowest BCUT2D eigenvalue weighted by molar-refractivity contribution is -0.182. The number of carbonyl (C=O) groups excluding carboxylic acids is 2. The van der Waals surface area contributed by atoms with Gasteiger partial charge >= 0.3 is 11.7 Å². The number of amides is 2. The summed E-state index contributed by atoms with van der Waals surface area (Å²) in [6.07, 6.45) is 12.1. The van der Waals surface area contributed by atoms with Gasteiger partial charge in [0.2, 0.25) is 0 Å². The number of pyridine rings is 1. The van der Waals surface area contributed by atoms with Gasteiger partial charge in [-0.1, -0.05) is 49.6 Å². The monoisotopic (exact) mass is 487 g/mol. The van der Waals surface area contributed by atoms with E-state index in [2.05, 4.69) is 10.3 Å². The van der Waals surface area contributed by atoms with Crippen molar-refractivity contribution in [2.45, 2.75) is 56.3 Å². The van der Waals surface area contributed by atoms with E-state index in [9.17, 15) is 9.59 Å². The van der Waals surface area contributed by atoms with Crippen molar-refractivity contribution in [2.24, 2.45) is 5.73 Å². The molecule has 3 heterocycles. The molecule has 36 heavy (non-hydrogen) atoms. The van der Waals surface area contributed by atoms with Crippen molar-refractivity contribution >= 4 is 11.8 Å². The number of hydrogen-bond acceptors (Lipinski definition) is 6. The van der Waals surface area contributed by atoms with Crippen LogP contribution in [0.3, 0.4) is 0 Å². The van der Waals surface area contributed by atoms with Crippen LogP contribution in [0.1, 0.15) is 59.6 Å². The predicted octanol–water partition coefficient (Wildman–Crippen LogP) is 3.36. The van der Waals surface area contributed by atoms with Gasteiger partial charge in [0.1, 0.15) is 18.6 Å². The summed E-state index contributed by atoms with van der Waals surface area (Å²) in [5, 5.41) is 7.67. The van der Waals surface area contributed by atoms with Crippen molar-refractivity contribution in [3.05, 3.63) is 90.3 Å². The number of primary amides is 1. The summed E-state index contributed by atoms with van der Waals surface area (Å²) in [4.78, 5) is 30.5. The highest BCUT2D eigenvalue weighted by atomic mass is 16.7. The SMILES string of the molecule is NC(=O)C1(C(Cc2ccccc2)NC(=O)c2cccnc2-n2ccc(C3CCCCC3)n2)OC=CO1. The van der Waals surface area contributed by atoms with Crippen molar-refractivity contribution < 1.29 is 19.1 Å². The highest BCUT2D eigenvalue weighted by Crippen LogP contribution is 2.32. The molecule has 1 atom stereocenters. The summed E-state index contributed by atoms with van der Waals surface area (Å²) in [6, 6.07) is 13.9. The van der Waals surface area contributed by atoms with Crippen LogP contribution in [0.4, 0.5) is 0 Å². The largest absolute Gasteiger partial charge is 0.447 e. The molecule has 9 heteroatoms. The highest BCUT2D eigenvalue weighted by Gasteiger charge is 2.51. The molecule has 1 aliphatic heterocycles. The van der Waals surface area contributed by atoms with E-state index in [1.54, 1.807) is 23.0 Å². The molecule has 0 bridgehead atoms. The molecule has 1 aromatic carbocycles. The van der Waals surface area contributed by atoms with Crippen LogP contribution in [0.5, 0.6) is 0 Å². The molecule has 5 rings (SSSR count). The standard InChI is InChI=1S/C27H29N5O4/c28-26(34)27(35-16-17-36-27)23(18-19-8-3-1-4-9-19)30-25(33)21-12-7-14-29-24(21)32-15-13-22(31-32)20-10-5-2-6-11-20/h1,3-4,7-9,12-17,20,23H,2,5-6,10-11,18H2,(H2,28,34)(H,30,33). The molecule has 9 nitrogen and oxygen atoms in total. The second-order valence-electron chi connectivity index (χ2n) is 9.15. The lowest BCUT2D eigenvalue weighted by atomic mass is 9.87. The topological polar surface area (TPSA) is 121 Å². The molecule has 0 saturated heterocycles. The Bertz CT molecular complexity index is 1240. The number of nitrogens with one attached hydrogen (secondary N) is 1. The zero-order valence-corrected chi connectivity index (χ0v) is 19.9. The Labute approximate surface area is 209 Å². The Hall–Kier alpha value is -4.14. The average molecular weight is 488 g/mol. The molecule has 2 aromatic heterocycles. The molecule has 0 spiro atoms. The van der Waals surface area contributed by atoms with Crippen LogP contribution in [0.15, 0.2) is 73.4 Å². The minimum atomic E-state index is -1.87. The normalized spacial score (nSPS) is 17.7. The third kappa shape index (κ3) is 4.68. The molecular weight excluding hydrogens is 458 g/mol. The third-order valence-corrected chi connectivity index (χ3v) is 6.81. The van der Waals surface area contributed by atoms with Gasteiger partial charge in [-0.3, -0.25) is 9.59 Å². The minimum Gasteiger partial charge on any atom is -0.447 e. The fourth-order valence-electron chi connectivity index (χ4n) is 4.93. The van der Waals surface area contributed by atoms with Crippen molar-refractivity contribution in [3.8, 4) is 5.82 Å². The average Bonchev–Trinajstić information content (AvgIpc) is 3.61. The fourth-order valence-corrected chi connectivity index (χ4v) is 4.93. The van der Waals surface area contributed by atoms with E-state index in [0.29, 0.717) is 17.3 Å². The van der Waals surface area contributed by atoms with Gasteiger partial charge in [-0.05, 0) is 36.6 Å². The molecule has 1 fully saturated rings. The highest BCUT2D eigenvalue weighted by molar-refractivity contribution is 5.98. The maximum atomic E-state index is 13.6. The van der Waals surface area contributed by atoms with E-state index >= 15 is 0 Å². The van der Waals surface area contributed by atoms with E-state index < -0.39 is 23.6 Å². The third-order valence-electron chi connectivity index (χ3n) is 6.81. The van der Waals surface area contributed by atoms with Gasteiger partial charge in [0.15, 0.2) is 5.82 Å². The van der Waals surface area contributed by atoms with Gasteiger partial charge in [0.05, 0.1) is 11.3 Å². The first-order valence-electron chi connectivity index (χ1n) is 12.2. The number of nitrogens with zero attached hydrogens (tertiary/aromatic N) is 3. The van der Waals surface area contributed by atoms with Crippen LogP contribution < -0.4 is 11.1 Å². The Morgan fingerprint density at radius 3 is 2.53 bits per heavy atom. The van der Waals surface area contributed by atoms with Gasteiger partial charge in [-0.15, -0.1) is 0 Å². The molecule has 186 valence electrons. The summed E-state index contributed by atoms with van der Waals surface area (Å²) in [6.45, 7) is 0. The molecule has 1 unspecified atom stereocenters. The second-order valence-corrected chi connectivity index (χ2v) is 9.15. The number of carbonyl (C=O) groups is 2. The summed E-state index contributed by atoms with van der Waals surface area (Å²) in [5.41, 5.74) is 7.88. The molecule has 1 saturated carbocycles. The van der Waals surface area contributed by atoms with Crippen LogP contribution in [0.2, 0.25) is 0 Å². The Morgan fingerprint density at radius 1 is 1.06 bits per heavy atom. The first-order valence-corrected chi connectivity index (χ1v) is 12.2. The predicted molar refractivity (Wildman–Crippen MR) is 132 cm³/mol.